The summed E-state index contributed by atoms with van der Waals surface area (Å²) >= 11 is 1.39. The molecule has 3 aliphatic rings. The van der Waals surface area contributed by atoms with Gasteiger partial charge in [-0.2, -0.15) is 4.99 Å². The second-order valence-corrected chi connectivity index (χ2v) is 11.6. The molecule has 156 valence electrons. The van der Waals surface area contributed by atoms with Gasteiger partial charge in [-0.15, -0.1) is 0 Å². The first-order valence-electron chi connectivity index (χ1n) is 10.2. The van der Waals surface area contributed by atoms with Gasteiger partial charge in [0, 0.05) is 22.9 Å². The average molecular weight is 435 g/mol. The molecule has 1 saturated carbocycles. The van der Waals surface area contributed by atoms with E-state index in [0.717, 1.165) is 12.1 Å². The maximum absolute atomic E-state index is 12.5. The molecule has 2 aliphatic heterocycles. The number of nitrogens with zero attached hydrogens (tertiary/aromatic N) is 2. The fraction of sp³-hybridized carbons (Fsp3) is 0.571. The summed E-state index contributed by atoms with van der Waals surface area (Å²) in [5.74, 6) is 0.654. The quantitative estimate of drug-likeness (QED) is 0.660. The second kappa shape index (κ2) is 8.22. The summed E-state index contributed by atoms with van der Waals surface area (Å²) < 4.78 is 24.3. The zero-order valence-electron chi connectivity index (χ0n) is 16.5. The van der Waals surface area contributed by atoms with E-state index in [2.05, 4.69) is 4.99 Å². The number of hydrogen-bond donors (Lipinski definition) is 0. The van der Waals surface area contributed by atoms with Crippen LogP contribution >= 0.6 is 11.8 Å². The molecule has 0 aromatic heterocycles. The van der Waals surface area contributed by atoms with Crippen LogP contribution < -0.4 is 4.90 Å². The number of amidine groups is 1. The molecule has 4 rings (SSSR count). The number of thioether (sulfide) groups is 1. The Morgan fingerprint density at radius 2 is 1.83 bits per heavy atom. The number of aliphatic imine (C=N–C) groups is 1. The largest absolute Gasteiger partial charge is 0.316 e. The van der Waals surface area contributed by atoms with E-state index in [1.807, 2.05) is 17.0 Å². The summed E-state index contributed by atoms with van der Waals surface area (Å²) in [5, 5.41) is 0.468. The predicted octanol–water partition coefficient (Wildman–Crippen LogP) is 3.46. The molecular weight excluding hydrogens is 408 g/mol. The maximum Gasteiger partial charge on any atom is 0.248 e. The fourth-order valence-corrected chi connectivity index (χ4v) is 8.44. The first-order chi connectivity index (χ1) is 13.8. The van der Waals surface area contributed by atoms with E-state index < -0.39 is 9.84 Å². The highest BCUT2D eigenvalue weighted by molar-refractivity contribution is 8.16. The van der Waals surface area contributed by atoms with Gasteiger partial charge in [-0.05, 0) is 43.5 Å². The van der Waals surface area contributed by atoms with Gasteiger partial charge in [-0.25, -0.2) is 8.42 Å². The molecule has 29 heavy (non-hydrogen) atoms. The second-order valence-electron chi connectivity index (χ2n) is 8.25. The number of benzene rings is 1. The number of hydrogen-bond acceptors (Lipinski definition) is 5. The van der Waals surface area contributed by atoms with Gasteiger partial charge >= 0.3 is 0 Å². The molecule has 1 aromatic carbocycles. The number of rotatable bonds is 5. The molecule has 0 radical (unpaired) electrons. The summed E-state index contributed by atoms with van der Waals surface area (Å²) in [6.07, 6.45) is 6.24. The van der Waals surface area contributed by atoms with E-state index >= 15 is 0 Å². The van der Waals surface area contributed by atoms with Crippen molar-refractivity contribution in [2.75, 3.05) is 16.4 Å². The van der Waals surface area contributed by atoms with Crippen LogP contribution in [0.25, 0.3) is 0 Å². The van der Waals surface area contributed by atoms with Crippen molar-refractivity contribution in [2.45, 2.75) is 56.7 Å². The number of Topliss-reactive ketones (excluding diaryl/α,β-unsaturated/α-hetero) is 1. The van der Waals surface area contributed by atoms with Crippen LogP contribution in [-0.2, 0) is 14.6 Å². The standard InChI is InChI=1S/C21H26N2O4S2/c1-14(24)16-7-9-17(10-8-16)23-18-12-29(26,27)13-19(18)28-21(23)22-20(25)11-6-15-4-2-3-5-15/h7-10,15,18-19H,2-6,11-13H2,1H3/t18-,19-/m1/s1. The zero-order valence-corrected chi connectivity index (χ0v) is 18.2. The summed E-state index contributed by atoms with van der Waals surface area (Å²) in [4.78, 5) is 30.4. The van der Waals surface area contributed by atoms with Gasteiger partial charge in [-0.3, -0.25) is 9.59 Å². The molecule has 2 heterocycles. The van der Waals surface area contributed by atoms with Gasteiger partial charge in [0.2, 0.25) is 5.91 Å². The topological polar surface area (TPSA) is 83.9 Å². The Bertz CT molecular complexity index is 934. The molecule has 0 unspecified atom stereocenters. The summed E-state index contributed by atoms with van der Waals surface area (Å²) in [6.45, 7) is 1.51. The lowest BCUT2D eigenvalue weighted by atomic mass is 10.0. The van der Waals surface area contributed by atoms with Crippen molar-refractivity contribution in [3.05, 3.63) is 29.8 Å². The van der Waals surface area contributed by atoms with E-state index in [1.165, 1.54) is 44.4 Å². The summed E-state index contributed by atoms with van der Waals surface area (Å²) in [5.41, 5.74) is 1.37. The Balaban J connectivity index is 1.56. The minimum Gasteiger partial charge on any atom is -0.316 e. The molecule has 1 aromatic rings. The number of fused-ring (bicyclic) bond motifs is 1. The minimum absolute atomic E-state index is 0.0235. The fourth-order valence-electron chi connectivity index (χ4n) is 4.51. The normalized spacial score (nSPS) is 27.5. The van der Waals surface area contributed by atoms with Crippen LogP contribution in [0.4, 0.5) is 5.69 Å². The number of anilines is 1. The van der Waals surface area contributed by atoms with Gasteiger partial charge in [0.1, 0.15) is 0 Å². The molecule has 0 spiro atoms. The Labute approximate surface area is 176 Å². The molecule has 0 bridgehead atoms. The highest BCUT2D eigenvalue weighted by Gasteiger charge is 2.49. The average Bonchev–Trinajstić information content (AvgIpc) is 3.34. The van der Waals surface area contributed by atoms with Crippen molar-refractivity contribution in [3.8, 4) is 0 Å². The first-order valence-corrected chi connectivity index (χ1v) is 12.9. The van der Waals surface area contributed by atoms with Crippen molar-refractivity contribution in [1.82, 2.24) is 0 Å². The molecule has 0 N–H and O–H groups in total. The van der Waals surface area contributed by atoms with Gasteiger partial charge in [0.25, 0.3) is 0 Å². The lowest BCUT2D eigenvalue weighted by Crippen LogP contribution is -2.37. The van der Waals surface area contributed by atoms with Crippen LogP contribution in [0.15, 0.2) is 29.3 Å². The first kappa shape index (κ1) is 20.6. The maximum atomic E-state index is 12.5. The Kier molecular flexibility index (Phi) is 5.84. The third-order valence-corrected chi connectivity index (χ3v) is 9.29. The van der Waals surface area contributed by atoms with Crippen molar-refractivity contribution in [1.29, 1.82) is 0 Å². The van der Waals surface area contributed by atoms with Crippen LogP contribution in [-0.4, -0.2) is 48.1 Å². The lowest BCUT2D eigenvalue weighted by molar-refractivity contribution is -0.118. The van der Waals surface area contributed by atoms with Crippen LogP contribution in [0.5, 0.6) is 0 Å². The van der Waals surface area contributed by atoms with Gasteiger partial charge in [0.05, 0.1) is 17.5 Å². The Morgan fingerprint density at radius 1 is 1.14 bits per heavy atom. The molecule has 2 atom stereocenters. The minimum atomic E-state index is -3.10. The van der Waals surface area contributed by atoms with Crippen molar-refractivity contribution >= 4 is 44.1 Å². The van der Waals surface area contributed by atoms with E-state index in [4.69, 9.17) is 0 Å². The number of sulfone groups is 1. The number of carbonyl (C=O) groups is 2. The van der Waals surface area contributed by atoms with E-state index in [1.54, 1.807) is 12.1 Å². The number of amides is 1. The van der Waals surface area contributed by atoms with Crippen LogP contribution in [0.2, 0.25) is 0 Å². The van der Waals surface area contributed by atoms with Crippen LogP contribution in [0, 0.1) is 5.92 Å². The zero-order chi connectivity index (χ0) is 20.6. The molecule has 3 fully saturated rings. The SMILES string of the molecule is CC(=O)c1ccc(N2C(=NC(=O)CCC3CCCC3)S[C@@H]3CS(=O)(=O)C[C@H]32)cc1. The smallest absolute Gasteiger partial charge is 0.248 e. The lowest BCUT2D eigenvalue weighted by Gasteiger charge is -2.24. The van der Waals surface area contributed by atoms with Gasteiger partial charge in [-0.1, -0.05) is 37.4 Å². The summed E-state index contributed by atoms with van der Waals surface area (Å²) in [7, 11) is -3.10. The molecule has 1 amide bonds. The Hall–Kier alpha value is -1.67. The van der Waals surface area contributed by atoms with Crippen LogP contribution in [0.3, 0.4) is 0 Å². The van der Waals surface area contributed by atoms with E-state index in [9.17, 15) is 18.0 Å². The number of carbonyl (C=O) groups excluding carboxylic acids is 2. The van der Waals surface area contributed by atoms with Crippen molar-refractivity contribution in [3.63, 3.8) is 0 Å². The van der Waals surface area contributed by atoms with Gasteiger partial charge < -0.3 is 4.90 Å². The van der Waals surface area contributed by atoms with Crippen molar-refractivity contribution in [2.24, 2.45) is 10.9 Å². The molecule has 1 aliphatic carbocycles. The number of ketones is 1. The predicted molar refractivity (Wildman–Crippen MR) is 116 cm³/mol. The summed E-state index contributed by atoms with van der Waals surface area (Å²) in [6, 6.07) is 6.86. The molecule has 8 heteroatoms. The monoisotopic (exact) mass is 434 g/mol. The van der Waals surface area contributed by atoms with Crippen LogP contribution in [0.1, 0.15) is 55.8 Å². The third-order valence-electron chi connectivity index (χ3n) is 6.08. The molecule has 6 nitrogen and oxygen atoms in total. The molecule has 2 saturated heterocycles. The van der Waals surface area contributed by atoms with E-state index in [0.29, 0.717) is 23.1 Å². The molecular formula is C21H26N2O4S2. The van der Waals surface area contributed by atoms with E-state index in [-0.39, 0.29) is 34.5 Å². The Morgan fingerprint density at radius 3 is 2.48 bits per heavy atom. The van der Waals surface area contributed by atoms with Gasteiger partial charge in [0.15, 0.2) is 20.8 Å². The third kappa shape index (κ3) is 4.58. The highest BCUT2D eigenvalue weighted by atomic mass is 32.2. The highest BCUT2D eigenvalue weighted by Crippen LogP contribution is 2.41. The van der Waals surface area contributed by atoms with Crippen molar-refractivity contribution < 1.29 is 18.0 Å².